The van der Waals surface area contributed by atoms with E-state index in [4.69, 9.17) is 9.47 Å². The summed E-state index contributed by atoms with van der Waals surface area (Å²) in [7, 11) is 1.70. The molecule has 1 fully saturated rings. The largest absolute Gasteiger partial charge is 0.385 e. The highest BCUT2D eigenvalue weighted by Crippen LogP contribution is 2.37. The fraction of sp³-hybridized carbons (Fsp3) is 0.929. The summed E-state index contributed by atoms with van der Waals surface area (Å²) in [6, 6.07) is 2.50. The van der Waals surface area contributed by atoms with Gasteiger partial charge in [0, 0.05) is 26.9 Å². The van der Waals surface area contributed by atoms with Crippen molar-refractivity contribution in [2.24, 2.45) is 5.92 Å². The van der Waals surface area contributed by atoms with Crippen LogP contribution in [0.2, 0.25) is 0 Å². The molecule has 1 saturated carbocycles. The number of hydrogen-bond acceptors (Lipinski definition) is 4. The average Bonchev–Trinajstić information content (AvgIpc) is 2.78. The molecule has 1 aliphatic carbocycles. The van der Waals surface area contributed by atoms with Crippen molar-refractivity contribution in [3.63, 3.8) is 0 Å². The quantitative estimate of drug-likeness (QED) is 0.640. The van der Waals surface area contributed by atoms with Crippen LogP contribution in [0.15, 0.2) is 0 Å². The van der Waals surface area contributed by atoms with Gasteiger partial charge in [-0.2, -0.15) is 5.26 Å². The van der Waals surface area contributed by atoms with Crippen LogP contribution in [-0.2, 0) is 9.47 Å². The molecule has 0 heterocycles. The molecule has 0 saturated heterocycles. The van der Waals surface area contributed by atoms with Crippen LogP contribution < -0.4 is 5.32 Å². The van der Waals surface area contributed by atoms with Crippen LogP contribution in [0.1, 0.15) is 39.0 Å². The molecule has 1 rings (SSSR count). The molecular weight excluding hydrogens is 228 g/mol. The molecule has 0 aromatic rings. The van der Waals surface area contributed by atoms with Crippen LogP contribution in [-0.4, -0.2) is 39.0 Å². The molecule has 104 valence electrons. The second-order valence-electron chi connectivity index (χ2n) is 4.95. The highest BCUT2D eigenvalue weighted by atomic mass is 16.5. The summed E-state index contributed by atoms with van der Waals surface area (Å²) >= 11 is 0. The molecule has 4 heteroatoms. The third-order valence-corrected chi connectivity index (χ3v) is 3.76. The van der Waals surface area contributed by atoms with Gasteiger partial charge in [-0.25, -0.2) is 0 Å². The Kier molecular flexibility index (Phi) is 7.26. The van der Waals surface area contributed by atoms with Gasteiger partial charge in [0.1, 0.15) is 5.54 Å². The Morgan fingerprint density at radius 2 is 2.22 bits per heavy atom. The van der Waals surface area contributed by atoms with E-state index in [-0.39, 0.29) is 5.54 Å². The van der Waals surface area contributed by atoms with Gasteiger partial charge in [0.25, 0.3) is 0 Å². The molecule has 0 aromatic heterocycles. The van der Waals surface area contributed by atoms with Gasteiger partial charge in [-0.1, -0.05) is 13.3 Å². The Hall–Kier alpha value is -0.630. The first-order valence-electron chi connectivity index (χ1n) is 7.02. The van der Waals surface area contributed by atoms with E-state index in [1.165, 1.54) is 0 Å². The van der Waals surface area contributed by atoms with Crippen LogP contribution in [0.3, 0.4) is 0 Å². The fourth-order valence-electron chi connectivity index (χ4n) is 2.84. The topological polar surface area (TPSA) is 54.3 Å². The molecule has 2 atom stereocenters. The van der Waals surface area contributed by atoms with Gasteiger partial charge in [0.05, 0.1) is 6.07 Å². The highest BCUT2D eigenvalue weighted by molar-refractivity contribution is 5.13. The molecule has 0 aliphatic heterocycles. The summed E-state index contributed by atoms with van der Waals surface area (Å²) in [5.41, 5.74) is -0.301. The second-order valence-corrected chi connectivity index (χ2v) is 4.95. The van der Waals surface area contributed by atoms with E-state index in [1.54, 1.807) is 7.11 Å². The summed E-state index contributed by atoms with van der Waals surface area (Å²) < 4.78 is 10.6. The standard InChI is InChI=1S/C14H26N2O2/c1-3-16-14(12-15)8-4-6-13(14)7-11-18-10-5-9-17-2/h13,16H,3-11H2,1-2H3. The number of nitrogens with one attached hydrogen (secondary N) is 1. The van der Waals surface area contributed by atoms with Crippen LogP contribution in [0.5, 0.6) is 0 Å². The van der Waals surface area contributed by atoms with Crippen molar-refractivity contribution in [2.45, 2.75) is 44.6 Å². The molecule has 0 bridgehead atoms. The maximum Gasteiger partial charge on any atom is 0.109 e. The zero-order valence-corrected chi connectivity index (χ0v) is 11.7. The minimum atomic E-state index is -0.301. The van der Waals surface area contributed by atoms with Crippen molar-refractivity contribution in [1.29, 1.82) is 5.26 Å². The third-order valence-electron chi connectivity index (χ3n) is 3.76. The summed E-state index contributed by atoms with van der Waals surface area (Å²) in [6.45, 7) is 5.18. The van der Waals surface area contributed by atoms with Gasteiger partial charge in [0.15, 0.2) is 0 Å². The maximum absolute atomic E-state index is 9.42. The predicted octanol–water partition coefficient (Wildman–Crippen LogP) is 2.10. The van der Waals surface area contributed by atoms with E-state index in [0.29, 0.717) is 5.92 Å². The van der Waals surface area contributed by atoms with Gasteiger partial charge in [0.2, 0.25) is 0 Å². The van der Waals surface area contributed by atoms with Crippen molar-refractivity contribution >= 4 is 0 Å². The molecule has 2 unspecified atom stereocenters. The van der Waals surface area contributed by atoms with Gasteiger partial charge < -0.3 is 9.47 Å². The van der Waals surface area contributed by atoms with E-state index in [0.717, 1.165) is 58.5 Å². The van der Waals surface area contributed by atoms with E-state index < -0.39 is 0 Å². The molecule has 0 spiro atoms. The van der Waals surface area contributed by atoms with Crippen LogP contribution in [0.25, 0.3) is 0 Å². The highest BCUT2D eigenvalue weighted by Gasteiger charge is 2.42. The lowest BCUT2D eigenvalue weighted by Gasteiger charge is -2.29. The minimum absolute atomic E-state index is 0.301. The van der Waals surface area contributed by atoms with Crippen LogP contribution in [0, 0.1) is 17.2 Å². The van der Waals surface area contributed by atoms with E-state index in [9.17, 15) is 5.26 Å². The lowest BCUT2D eigenvalue weighted by molar-refractivity contribution is 0.0886. The van der Waals surface area contributed by atoms with E-state index >= 15 is 0 Å². The first kappa shape index (κ1) is 15.4. The van der Waals surface area contributed by atoms with Crippen LogP contribution >= 0.6 is 0 Å². The summed E-state index contributed by atoms with van der Waals surface area (Å²) in [6.07, 6.45) is 5.19. The first-order valence-corrected chi connectivity index (χ1v) is 7.02. The Labute approximate surface area is 111 Å². The van der Waals surface area contributed by atoms with Crippen molar-refractivity contribution in [1.82, 2.24) is 5.32 Å². The van der Waals surface area contributed by atoms with Gasteiger partial charge in [-0.3, -0.25) is 5.32 Å². The molecule has 18 heavy (non-hydrogen) atoms. The summed E-state index contributed by atoms with van der Waals surface area (Å²) in [4.78, 5) is 0. The lowest BCUT2D eigenvalue weighted by Crippen LogP contribution is -2.47. The van der Waals surface area contributed by atoms with E-state index in [2.05, 4.69) is 18.3 Å². The molecule has 1 aliphatic rings. The molecular formula is C14H26N2O2. The van der Waals surface area contributed by atoms with Crippen molar-refractivity contribution in [3.8, 4) is 6.07 Å². The maximum atomic E-state index is 9.42. The number of rotatable bonds is 9. The monoisotopic (exact) mass is 254 g/mol. The van der Waals surface area contributed by atoms with Crippen molar-refractivity contribution in [3.05, 3.63) is 0 Å². The van der Waals surface area contributed by atoms with Crippen molar-refractivity contribution in [2.75, 3.05) is 33.5 Å². The number of ether oxygens (including phenoxy) is 2. The predicted molar refractivity (Wildman–Crippen MR) is 71.3 cm³/mol. The molecule has 0 radical (unpaired) electrons. The zero-order valence-electron chi connectivity index (χ0n) is 11.7. The number of nitrogens with zero attached hydrogens (tertiary/aromatic N) is 1. The number of methoxy groups -OCH3 is 1. The third kappa shape index (κ3) is 4.24. The summed E-state index contributed by atoms with van der Waals surface area (Å²) in [5.74, 6) is 0.435. The number of nitriles is 1. The van der Waals surface area contributed by atoms with Crippen LogP contribution in [0.4, 0.5) is 0 Å². The number of hydrogen-bond donors (Lipinski definition) is 1. The molecule has 0 amide bonds. The van der Waals surface area contributed by atoms with E-state index in [1.807, 2.05) is 0 Å². The molecule has 0 aromatic carbocycles. The second kappa shape index (κ2) is 8.47. The Morgan fingerprint density at radius 1 is 1.39 bits per heavy atom. The molecule has 1 N–H and O–H groups in total. The SMILES string of the molecule is CCNC1(C#N)CCCC1CCOCCCOC. The fourth-order valence-corrected chi connectivity index (χ4v) is 2.84. The first-order chi connectivity index (χ1) is 8.79. The minimum Gasteiger partial charge on any atom is -0.385 e. The average molecular weight is 254 g/mol. The smallest absolute Gasteiger partial charge is 0.109 e. The lowest BCUT2D eigenvalue weighted by atomic mass is 9.86. The zero-order chi connectivity index (χ0) is 13.3. The Balaban J connectivity index is 2.26. The Morgan fingerprint density at radius 3 is 2.89 bits per heavy atom. The Bertz CT molecular complexity index is 265. The summed E-state index contributed by atoms with van der Waals surface area (Å²) in [5, 5.41) is 12.8. The van der Waals surface area contributed by atoms with Crippen molar-refractivity contribution < 1.29 is 9.47 Å². The van der Waals surface area contributed by atoms with Gasteiger partial charge in [-0.05, 0) is 38.1 Å². The van der Waals surface area contributed by atoms with Gasteiger partial charge in [-0.15, -0.1) is 0 Å². The normalized spacial score (nSPS) is 27.3. The molecule has 4 nitrogen and oxygen atoms in total. The van der Waals surface area contributed by atoms with Gasteiger partial charge >= 0.3 is 0 Å².